The molecule has 0 saturated heterocycles. The summed E-state index contributed by atoms with van der Waals surface area (Å²) in [6.45, 7) is 1.42. The van der Waals surface area contributed by atoms with Gasteiger partial charge in [-0.3, -0.25) is 4.79 Å². The molecule has 12 heavy (non-hydrogen) atoms. The van der Waals surface area contributed by atoms with E-state index in [-0.39, 0.29) is 5.91 Å². The van der Waals surface area contributed by atoms with Crippen molar-refractivity contribution in [2.75, 3.05) is 5.32 Å². The highest BCUT2D eigenvalue weighted by Crippen LogP contribution is 2.10. The monoisotopic (exact) mass is 179 g/mol. The van der Waals surface area contributed by atoms with Crippen LogP contribution in [-0.2, 0) is 4.79 Å². The number of halogens is 1. The third-order valence-electron chi connectivity index (χ3n) is 1.32. The number of amides is 1. The first-order valence-electron chi connectivity index (χ1n) is 3.42. The lowest BCUT2D eigenvalue weighted by Crippen LogP contribution is -2.15. The minimum atomic E-state index is -0.149. The van der Waals surface area contributed by atoms with E-state index in [9.17, 15) is 4.79 Å². The summed E-state index contributed by atoms with van der Waals surface area (Å²) in [5.74, 6) is -0.149. The lowest BCUT2D eigenvalue weighted by atomic mass is 9.94. The molecule has 0 fully saturated rings. The molecule has 0 aliphatic rings. The SMILES string of the molecule is [B]c1cc(Cl)ccc1NC(C)=O. The van der Waals surface area contributed by atoms with Crippen LogP contribution in [0.1, 0.15) is 6.92 Å². The first-order valence-corrected chi connectivity index (χ1v) is 3.80. The third-order valence-corrected chi connectivity index (χ3v) is 1.56. The first kappa shape index (κ1) is 9.14. The van der Waals surface area contributed by atoms with Crippen LogP contribution in [0.2, 0.25) is 5.02 Å². The third kappa shape index (κ3) is 2.27. The van der Waals surface area contributed by atoms with Gasteiger partial charge in [-0.2, -0.15) is 0 Å². The number of carbonyl (C=O) groups is 1. The van der Waals surface area contributed by atoms with Gasteiger partial charge in [0.25, 0.3) is 0 Å². The zero-order chi connectivity index (χ0) is 9.14. The predicted octanol–water partition coefficient (Wildman–Crippen LogP) is 1.09. The van der Waals surface area contributed by atoms with E-state index in [2.05, 4.69) is 5.32 Å². The van der Waals surface area contributed by atoms with Gasteiger partial charge in [0.05, 0.1) is 0 Å². The highest BCUT2D eigenvalue weighted by atomic mass is 35.5. The zero-order valence-corrected chi connectivity index (χ0v) is 7.35. The molecular weight excluding hydrogens is 172 g/mol. The highest BCUT2D eigenvalue weighted by molar-refractivity contribution is 6.39. The number of rotatable bonds is 1. The van der Waals surface area contributed by atoms with Gasteiger partial charge in [0.1, 0.15) is 7.85 Å². The van der Waals surface area contributed by atoms with E-state index >= 15 is 0 Å². The van der Waals surface area contributed by atoms with Gasteiger partial charge < -0.3 is 5.32 Å². The molecule has 4 heteroatoms. The van der Waals surface area contributed by atoms with Crippen LogP contribution in [0.25, 0.3) is 0 Å². The fourth-order valence-electron chi connectivity index (χ4n) is 0.837. The van der Waals surface area contributed by atoms with Crippen molar-refractivity contribution in [2.45, 2.75) is 6.92 Å². The number of benzene rings is 1. The smallest absolute Gasteiger partial charge is 0.221 e. The topological polar surface area (TPSA) is 29.1 Å². The molecule has 2 nitrogen and oxygen atoms in total. The van der Waals surface area contributed by atoms with Crippen molar-refractivity contribution in [3.8, 4) is 0 Å². The zero-order valence-electron chi connectivity index (χ0n) is 6.60. The molecule has 1 aromatic carbocycles. The maximum Gasteiger partial charge on any atom is 0.221 e. The number of anilines is 1. The molecule has 1 aromatic rings. The van der Waals surface area contributed by atoms with E-state index in [0.717, 1.165) is 0 Å². The second-order valence-electron chi connectivity index (χ2n) is 2.41. The molecule has 0 aliphatic heterocycles. The summed E-state index contributed by atoms with van der Waals surface area (Å²) < 4.78 is 0. The summed E-state index contributed by atoms with van der Waals surface area (Å²) in [6.07, 6.45) is 0. The van der Waals surface area contributed by atoms with Crippen molar-refractivity contribution in [1.82, 2.24) is 0 Å². The maximum atomic E-state index is 10.7. The Morgan fingerprint density at radius 3 is 2.75 bits per heavy atom. The van der Waals surface area contributed by atoms with Crippen LogP contribution in [0, 0.1) is 0 Å². The van der Waals surface area contributed by atoms with Crippen molar-refractivity contribution in [1.29, 1.82) is 0 Å². The average Bonchev–Trinajstić information content (AvgIpc) is 1.94. The van der Waals surface area contributed by atoms with Gasteiger partial charge in [0, 0.05) is 17.6 Å². The molecule has 0 saturated carbocycles. The van der Waals surface area contributed by atoms with Crippen LogP contribution < -0.4 is 10.8 Å². The average molecular weight is 179 g/mol. The molecule has 0 atom stereocenters. The Balaban J connectivity index is 2.93. The van der Waals surface area contributed by atoms with Gasteiger partial charge >= 0.3 is 0 Å². The van der Waals surface area contributed by atoms with Gasteiger partial charge in [-0.05, 0) is 18.2 Å². The van der Waals surface area contributed by atoms with Crippen LogP contribution in [-0.4, -0.2) is 13.8 Å². The number of hydrogen-bond acceptors (Lipinski definition) is 1. The Kier molecular flexibility index (Phi) is 2.76. The number of carbonyl (C=O) groups excluding carboxylic acids is 1. The van der Waals surface area contributed by atoms with Crippen LogP contribution in [0.5, 0.6) is 0 Å². The molecule has 1 N–H and O–H groups in total. The summed E-state index contributed by atoms with van der Waals surface area (Å²) in [5, 5.41) is 3.13. The molecule has 1 amide bonds. The molecule has 1 rings (SSSR count). The standard InChI is InChI=1S/C8H7BClNO/c1-5(12)11-8-3-2-6(10)4-7(8)9/h2-4H,1H3,(H,11,12). The van der Waals surface area contributed by atoms with Gasteiger partial charge in [0.2, 0.25) is 5.91 Å². The molecular formula is C8H7BClNO. The Hall–Kier alpha value is -0.955. The summed E-state index contributed by atoms with van der Waals surface area (Å²) >= 11 is 5.66. The Morgan fingerprint density at radius 1 is 1.58 bits per heavy atom. The van der Waals surface area contributed by atoms with Gasteiger partial charge in [0.15, 0.2) is 0 Å². The molecule has 0 heterocycles. The summed E-state index contributed by atoms with van der Waals surface area (Å²) in [7, 11) is 5.57. The van der Waals surface area contributed by atoms with E-state index < -0.39 is 0 Å². The van der Waals surface area contributed by atoms with E-state index in [0.29, 0.717) is 16.2 Å². The summed E-state index contributed by atoms with van der Waals surface area (Å²) in [5.41, 5.74) is 1.06. The van der Waals surface area contributed by atoms with Gasteiger partial charge in [-0.25, -0.2) is 0 Å². The minimum absolute atomic E-state index is 0.149. The Morgan fingerprint density at radius 2 is 2.25 bits per heavy atom. The largest absolute Gasteiger partial charge is 0.327 e. The molecule has 0 aliphatic carbocycles. The second kappa shape index (κ2) is 3.63. The second-order valence-corrected chi connectivity index (χ2v) is 2.85. The van der Waals surface area contributed by atoms with Gasteiger partial charge in [-0.1, -0.05) is 17.1 Å². The van der Waals surface area contributed by atoms with E-state index in [1.54, 1.807) is 18.2 Å². The van der Waals surface area contributed by atoms with Gasteiger partial charge in [-0.15, -0.1) is 0 Å². The quantitative estimate of drug-likeness (QED) is 0.643. The van der Waals surface area contributed by atoms with E-state index in [1.807, 2.05) is 0 Å². The van der Waals surface area contributed by atoms with Crippen LogP contribution >= 0.6 is 11.6 Å². The van der Waals surface area contributed by atoms with Crippen LogP contribution in [0.15, 0.2) is 18.2 Å². The van der Waals surface area contributed by atoms with E-state index in [1.165, 1.54) is 6.92 Å². The fourth-order valence-corrected chi connectivity index (χ4v) is 1.02. The fraction of sp³-hybridized carbons (Fsp3) is 0.125. The molecule has 0 bridgehead atoms. The first-order chi connectivity index (χ1) is 5.59. The normalized spacial score (nSPS) is 9.50. The lowest BCUT2D eigenvalue weighted by Gasteiger charge is -2.05. The number of nitrogens with one attached hydrogen (secondary N) is 1. The van der Waals surface area contributed by atoms with Crippen molar-refractivity contribution >= 4 is 36.5 Å². The molecule has 60 valence electrons. The summed E-state index contributed by atoms with van der Waals surface area (Å²) in [4.78, 5) is 10.7. The highest BCUT2D eigenvalue weighted by Gasteiger charge is 1.99. The van der Waals surface area contributed by atoms with Crippen molar-refractivity contribution < 1.29 is 4.79 Å². The van der Waals surface area contributed by atoms with Crippen molar-refractivity contribution in [3.05, 3.63) is 23.2 Å². The Labute approximate surface area is 77.3 Å². The molecule has 2 radical (unpaired) electrons. The lowest BCUT2D eigenvalue weighted by molar-refractivity contribution is -0.114. The van der Waals surface area contributed by atoms with Crippen molar-refractivity contribution in [2.24, 2.45) is 0 Å². The minimum Gasteiger partial charge on any atom is -0.327 e. The maximum absolute atomic E-state index is 10.7. The molecule has 0 spiro atoms. The van der Waals surface area contributed by atoms with E-state index in [4.69, 9.17) is 19.4 Å². The van der Waals surface area contributed by atoms with Crippen LogP contribution in [0.3, 0.4) is 0 Å². The van der Waals surface area contributed by atoms with Crippen LogP contribution in [0.4, 0.5) is 5.69 Å². The van der Waals surface area contributed by atoms with Crippen molar-refractivity contribution in [3.63, 3.8) is 0 Å². The predicted molar refractivity (Wildman–Crippen MR) is 51.1 cm³/mol. The number of hydrogen-bond donors (Lipinski definition) is 1. The summed E-state index contributed by atoms with van der Waals surface area (Å²) in [6, 6.07) is 4.93. The Bertz CT molecular complexity index is 314. The molecule has 0 aromatic heterocycles. The molecule has 0 unspecified atom stereocenters.